The zero-order valence-corrected chi connectivity index (χ0v) is 46.2. The number of imidazole rings is 1. The molecule has 0 spiro atoms. The highest BCUT2D eigenvalue weighted by Gasteiger charge is 2.39. The molecule has 424 valence electrons. The van der Waals surface area contributed by atoms with Gasteiger partial charge in [-0.25, -0.2) is 9.78 Å². The summed E-state index contributed by atoms with van der Waals surface area (Å²) in [4.78, 5) is 137. The maximum Gasteiger partial charge on any atom is 0.327 e. The molecule has 4 aromatic rings. The third-order valence-corrected chi connectivity index (χ3v) is 13.1. The Hall–Kier alpha value is -7.61. The third-order valence-electron chi connectivity index (χ3n) is 12.4. The van der Waals surface area contributed by atoms with Gasteiger partial charge in [0.15, 0.2) is 5.96 Å². The van der Waals surface area contributed by atoms with Crippen molar-refractivity contribution >= 4 is 95.3 Å². The first-order valence-corrected chi connectivity index (χ1v) is 26.8. The van der Waals surface area contributed by atoms with Gasteiger partial charge in [-0.2, -0.15) is 25.3 Å². The van der Waals surface area contributed by atoms with Crippen LogP contribution in [0.15, 0.2) is 78.3 Å². The fourth-order valence-corrected chi connectivity index (χ4v) is 8.73. The zero-order valence-electron chi connectivity index (χ0n) is 44.4. The summed E-state index contributed by atoms with van der Waals surface area (Å²) in [7, 11) is 0. The highest BCUT2D eigenvalue weighted by atomic mass is 32.1. The first kappa shape index (κ1) is 62.9. The van der Waals surface area contributed by atoms with Gasteiger partial charge in [-0.05, 0) is 41.9 Å². The smallest absolute Gasteiger partial charge is 0.327 e. The van der Waals surface area contributed by atoms with Crippen LogP contribution in [0.5, 0.6) is 0 Å². The molecular formula is C52H74N14O10S2. The van der Waals surface area contributed by atoms with Crippen molar-refractivity contribution in [3.8, 4) is 0 Å². The number of H-pyrrole nitrogens is 2. The number of aromatic nitrogens is 3. The number of nitrogens with one attached hydrogen (secondary N) is 10. The predicted molar refractivity (Wildman–Crippen MR) is 300 cm³/mol. The number of hydrogen-bond acceptors (Lipinski definition) is 13. The predicted octanol–water partition coefficient (Wildman–Crippen LogP) is 0.0513. The maximum absolute atomic E-state index is 14.7. The Kier molecular flexibility index (Phi) is 25.0. The van der Waals surface area contributed by atoms with E-state index in [-0.39, 0.29) is 56.1 Å². The number of carboxylic acids is 1. The van der Waals surface area contributed by atoms with Crippen LogP contribution in [0.25, 0.3) is 10.9 Å². The highest BCUT2D eigenvalue weighted by molar-refractivity contribution is 7.80. The summed E-state index contributed by atoms with van der Waals surface area (Å²) in [5.41, 5.74) is 12.5. The van der Waals surface area contributed by atoms with Crippen molar-refractivity contribution in [2.45, 2.75) is 134 Å². The largest absolute Gasteiger partial charge is 0.480 e. The summed E-state index contributed by atoms with van der Waals surface area (Å²) < 4.78 is 0. The van der Waals surface area contributed by atoms with Gasteiger partial charge in [0.2, 0.25) is 47.3 Å². The van der Waals surface area contributed by atoms with E-state index in [2.05, 4.69) is 87.7 Å². The van der Waals surface area contributed by atoms with Crippen molar-refractivity contribution in [2.24, 2.45) is 21.9 Å². The molecule has 2 aromatic carbocycles. The normalized spacial score (nSPS) is 14.3. The van der Waals surface area contributed by atoms with E-state index < -0.39 is 107 Å². The van der Waals surface area contributed by atoms with E-state index in [4.69, 9.17) is 11.5 Å². The number of rotatable bonds is 31. The quantitative estimate of drug-likeness (QED) is 0.0137. The number of nitrogens with two attached hydrogens (primary N) is 2. The summed E-state index contributed by atoms with van der Waals surface area (Å²) in [6, 6.07) is 5.44. The molecule has 0 saturated heterocycles. The van der Waals surface area contributed by atoms with E-state index in [0.717, 1.165) is 17.3 Å². The number of fused-ring (bicyclic) bond motifs is 1. The Morgan fingerprint density at radius 1 is 0.628 bits per heavy atom. The van der Waals surface area contributed by atoms with Crippen LogP contribution >= 0.6 is 25.3 Å². The lowest BCUT2D eigenvalue weighted by atomic mass is 9.85. The molecule has 8 atom stereocenters. The number of guanidine groups is 1. The molecular weight excluding hydrogens is 1040 g/mol. The fourth-order valence-electron chi connectivity index (χ4n) is 8.22. The van der Waals surface area contributed by atoms with Crippen molar-refractivity contribution < 1.29 is 48.3 Å². The van der Waals surface area contributed by atoms with Crippen molar-refractivity contribution in [1.29, 1.82) is 0 Å². The molecule has 0 saturated carbocycles. The molecule has 8 amide bonds. The lowest BCUT2D eigenvalue weighted by Crippen LogP contribution is -2.63. The number of aromatic amines is 2. The fraction of sp³-hybridized carbons (Fsp3) is 0.481. The van der Waals surface area contributed by atoms with Gasteiger partial charge in [0.25, 0.3) is 0 Å². The molecule has 0 radical (unpaired) electrons. The van der Waals surface area contributed by atoms with Crippen molar-refractivity contribution in [3.63, 3.8) is 0 Å². The molecule has 4 rings (SSSR count). The van der Waals surface area contributed by atoms with Crippen LogP contribution in [0.3, 0.4) is 0 Å². The maximum atomic E-state index is 14.7. The second-order valence-corrected chi connectivity index (χ2v) is 20.5. The van der Waals surface area contributed by atoms with Crippen LogP contribution in [0.1, 0.15) is 83.5 Å². The summed E-state index contributed by atoms with van der Waals surface area (Å²) in [6.45, 7) is 8.30. The Bertz CT molecular complexity index is 2700. The van der Waals surface area contributed by atoms with E-state index >= 15 is 0 Å². The number of nitrogens with zero attached hydrogens (tertiary/aromatic N) is 2. The number of carbonyl (C=O) groups is 9. The van der Waals surface area contributed by atoms with Crippen LogP contribution in [-0.2, 0) is 62.4 Å². The van der Waals surface area contributed by atoms with Crippen molar-refractivity contribution in [3.05, 3.63) is 90.1 Å². The zero-order chi connectivity index (χ0) is 57.5. The van der Waals surface area contributed by atoms with Gasteiger partial charge < -0.3 is 69.1 Å². The van der Waals surface area contributed by atoms with Gasteiger partial charge in [-0.1, -0.05) is 89.1 Å². The Balaban J connectivity index is 1.66. The molecule has 0 fully saturated rings. The van der Waals surface area contributed by atoms with Crippen LogP contribution in [0, 0.1) is 5.41 Å². The van der Waals surface area contributed by atoms with Crippen LogP contribution in [-0.4, -0.2) is 146 Å². The summed E-state index contributed by atoms with van der Waals surface area (Å²) in [5, 5.41) is 31.9. The average molecular weight is 1120 g/mol. The molecule has 0 aliphatic heterocycles. The van der Waals surface area contributed by atoms with Crippen molar-refractivity contribution in [1.82, 2.24) is 57.5 Å². The molecule has 0 aliphatic carbocycles. The van der Waals surface area contributed by atoms with Gasteiger partial charge in [-0.15, -0.1) is 0 Å². The molecule has 0 aliphatic rings. The third kappa shape index (κ3) is 20.1. The lowest BCUT2D eigenvalue weighted by Gasteiger charge is -2.33. The van der Waals surface area contributed by atoms with Crippen LogP contribution in [0.2, 0.25) is 0 Å². The standard InChI is InChI=1S/C52H74N14O10S2/c1-6-7-17-35(59-29(2)67)43(68)64-40(26-77)48(73)66-42(52(3,4)5)49(74)63-39(23-32-25-55-28-58-32)47(72)61-37(21-30-14-9-8-10-15-30)45(70)60-36(19-13-20-56-51(53)54)44(69)62-38(46(71)65-41(27-78)50(75)76)22-31-24-57-34-18-12-11-16-33(31)34/h8-12,14-16,18,24-25,28,35-42,57,77-78H,6-7,13,17,19-23,26-27H2,1-5H3,(H,55,58)(H,59,67)(H,60,70)(H,61,72)(H,62,69)(H,63,74)(H,64,68)(H,65,71)(H,66,73)(H,75,76)(H4,53,54,56)/t35-,36-,37+,38-,39-,40-,41-,42-/m0/s1. The van der Waals surface area contributed by atoms with E-state index in [0.29, 0.717) is 29.7 Å². The first-order valence-electron chi connectivity index (χ1n) is 25.5. The minimum absolute atomic E-state index is 0.0424. The highest BCUT2D eigenvalue weighted by Crippen LogP contribution is 2.22. The van der Waals surface area contributed by atoms with Gasteiger partial charge in [0, 0.05) is 73.2 Å². The van der Waals surface area contributed by atoms with E-state index in [1.54, 1.807) is 63.4 Å². The summed E-state index contributed by atoms with van der Waals surface area (Å²) in [6.07, 6.45) is 5.85. The number of amides is 8. The molecule has 2 heterocycles. The molecule has 26 heteroatoms. The van der Waals surface area contributed by atoms with Crippen LogP contribution in [0.4, 0.5) is 0 Å². The second-order valence-electron chi connectivity index (χ2n) is 19.8. The average Bonchev–Trinajstić information content (AvgIpc) is 4.09. The lowest BCUT2D eigenvalue weighted by molar-refractivity contribution is -0.141. The number of benzene rings is 2. The van der Waals surface area contributed by atoms with E-state index in [1.807, 2.05) is 25.1 Å². The van der Waals surface area contributed by atoms with Gasteiger partial charge in [0.05, 0.1) is 6.33 Å². The van der Waals surface area contributed by atoms with Crippen LogP contribution < -0.4 is 54.0 Å². The number of hydrogen-bond donors (Lipinski definition) is 15. The van der Waals surface area contributed by atoms with Gasteiger partial charge in [0.1, 0.15) is 48.3 Å². The minimum Gasteiger partial charge on any atom is -0.480 e. The number of carbonyl (C=O) groups excluding carboxylic acids is 8. The molecule has 15 N–H and O–H groups in total. The minimum atomic E-state index is -1.42. The summed E-state index contributed by atoms with van der Waals surface area (Å²) in [5.74, 6) is -7.94. The number of carboxylic acid groups (broad SMARTS) is 1. The molecule has 0 bridgehead atoms. The number of aliphatic imine (C=N–C) groups is 1. The number of unbranched alkanes of at least 4 members (excludes halogenated alkanes) is 1. The molecule has 78 heavy (non-hydrogen) atoms. The van der Waals surface area contributed by atoms with E-state index in [1.165, 1.54) is 19.4 Å². The summed E-state index contributed by atoms with van der Waals surface area (Å²) >= 11 is 8.38. The second kappa shape index (κ2) is 31.0. The molecule has 24 nitrogen and oxygen atoms in total. The Morgan fingerprint density at radius 3 is 1.71 bits per heavy atom. The number of para-hydroxylation sites is 1. The van der Waals surface area contributed by atoms with E-state index in [9.17, 15) is 48.3 Å². The monoisotopic (exact) mass is 1120 g/mol. The number of thiol groups is 2. The Labute approximate surface area is 463 Å². The molecule has 0 unspecified atom stereocenters. The van der Waals surface area contributed by atoms with Gasteiger partial charge >= 0.3 is 5.97 Å². The Morgan fingerprint density at radius 2 is 1.14 bits per heavy atom. The SMILES string of the molecule is CCCC[C@H](NC(C)=O)C(=O)N[C@@H](CS)C(=O)N[C@@H](C(=O)N[C@@H](Cc1cnc[nH]1)C(=O)N[C@H](Cc1ccccc1)C(=O)N[C@@H](CCCN=C(N)N)C(=O)N[C@@H](Cc1c[nH]c2ccccc12)C(=O)N[C@@H](CS)C(=O)O)C(C)(C)C. The number of aliphatic carboxylic acids is 1. The first-order chi connectivity index (χ1) is 37.0. The molecule has 2 aromatic heterocycles. The van der Waals surface area contributed by atoms with Gasteiger partial charge in [-0.3, -0.25) is 43.3 Å². The topological polar surface area (TPSA) is 379 Å². The van der Waals surface area contributed by atoms with Crippen molar-refractivity contribution in [2.75, 3.05) is 18.1 Å².